The average Bonchev–Trinajstić information content (AvgIpc) is 1.38. The van der Waals surface area contributed by atoms with Crippen molar-refractivity contribution in [2.24, 2.45) is 5.18 Å². The van der Waals surface area contributed by atoms with Crippen molar-refractivity contribution < 1.29 is 0 Å². The number of nitroso groups, excluding NO2 is 1. The molecule has 0 aromatic rings. The van der Waals surface area contributed by atoms with E-state index in [1.807, 2.05) is 0 Å². The minimum atomic E-state index is -0.546. The Morgan fingerprint density at radius 1 is 2.00 bits per heavy atom. The normalized spacial score (nSPS) is 13.8. The van der Waals surface area contributed by atoms with Gasteiger partial charge in [-0.3, -0.25) is 0 Å². The van der Waals surface area contributed by atoms with Gasteiger partial charge in [-0.15, -0.1) is 0 Å². The van der Waals surface area contributed by atoms with Crippen molar-refractivity contribution >= 4 is 7.85 Å². The molecule has 0 aromatic carbocycles. The maximum absolute atomic E-state index is 9.13. The van der Waals surface area contributed by atoms with Crippen LogP contribution in [0.5, 0.6) is 0 Å². The van der Waals surface area contributed by atoms with Gasteiger partial charge in [-0.25, -0.2) is 0 Å². The minimum absolute atomic E-state index is 0.546. The Balaban J connectivity index is 2.83. The fraction of sp³-hybridized carbons (Fsp3) is 1.00. The van der Waals surface area contributed by atoms with Crippen LogP contribution in [-0.2, 0) is 0 Å². The Bertz CT molecular complexity index is 36.6. The highest BCUT2D eigenvalue weighted by molar-refractivity contribution is 6.11. The van der Waals surface area contributed by atoms with Gasteiger partial charge in [0.2, 0.25) is 0 Å². The van der Waals surface area contributed by atoms with Crippen molar-refractivity contribution in [3.05, 3.63) is 4.91 Å². The van der Waals surface area contributed by atoms with Gasteiger partial charge in [0.1, 0.15) is 7.85 Å². The molecular formula is C2H4BNO. The SMILES string of the molecule is [B][C@H](C)N=O. The third-order valence-electron chi connectivity index (χ3n) is 0.166. The highest BCUT2D eigenvalue weighted by atomic mass is 16.3. The van der Waals surface area contributed by atoms with E-state index in [1.165, 1.54) is 6.92 Å². The minimum Gasteiger partial charge on any atom is -0.151 e. The molecule has 0 aromatic heterocycles. The van der Waals surface area contributed by atoms with Gasteiger partial charge in [0.25, 0.3) is 0 Å². The van der Waals surface area contributed by atoms with Gasteiger partial charge < -0.3 is 0 Å². The molecule has 0 spiro atoms. The van der Waals surface area contributed by atoms with Crippen LogP contribution in [0.1, 0.15) is 6.92 Å². The van der Waals surface area contributed by atoms with E-state index < -0.39 is 5.94 Å². The monoisotopic (exact) mass is 69.0 g/mol. The zero-order valence-corrected chi connectivity index (χ0v) is 3.01. The van der Waals surface area contributed by atoms with E-state index in [1.54, 1.807) is 0 Å². The Morgan fingerprint density at radius 3 is 2.20 bits per heavy atom. The van der Waals surface area contributed by atoms with E-state index in [9.17, 15) is 0 Å². The average molecular weight is 68.9 g/mol. The first-order chi connectivity index (χ1) is 2.27. The number of hydrogen-bond donors (Lipinski definition) is 0. The summed E-state index contributed by atoms with van der Waals surface area (Å²) in [6, 6.07) is 0. The molecule has 0 saturated carbocycles. The molecular weight excluding hydrogens is 64.8 g/mol. The zero-order chi connectivity index (χ0) is 4.28. The second-order valence-corrected chi connectivity index (χ2v) is 0.846. The van der Waals surface area contributed by atoms with Crippen LogP contribution in [-0.4, -0.2) is 13.8 Å². The predicted octanol–water partition coefficient (Wildman–Crippen LogP) is 0.267. The molecule has 26 valence electrons. The molecule has 3 heteroatoms. The third kappa shape index (κ3) is 3.66. The maximum atomic E-state index is 9.13. The van der Waals surface area contributed by atoms with E-state index in [0.717, 1.165) is 0 Å². The quantitative estimate of drug-likeness (QED) is 0.321. The van der Waals surface area contributed by atoms with Crippen LogP contribution >= 0.6 is 0 Å². The second-order valence-electron chi connectivity index (χ2n) is 0.846. The summed E-state index contributed by atoms with van der Waals surface area (Å²) in [5, 5.41) is 2.42. The van der Waals surface area contributed by atoms with Gasteiger partial charge in [-0.05, 0) is 6.92 Å². The first kappa shape index (κ1) is 4.66. The smallest absolute Gasteiger partial charge is 0.106 e. The molecule has 0 saturated heterocycles. The van der Waals surface area contributed by atoms with Crippen LogP contribution in [0.3, 0.4) is 0 Å². The lowest BCUT2D eigenvalue weighted by atomic mass is 10.0. The third-order valence-corrected chi connectivity index (χ3v) is 0.166. The van der Waals surface area contributed by atoms with Gasteiger partial charge in [0, 0.05) is 5.94 Å². The van der Waals surface area contributed by atoms with Crippen molar-refractivity contribution in [2.45, 2.75) is 12.9 Å². The van der Waals surface area contributed by atoms with Crippen molar-refractivity contribution in [1.29, 1.82) is 0 Å². The molecule has 0 heterocycles. The molecule has 0 bridgehead atoms. The summed E-state index contributed by atoms with van der Waals surface area (Å²) in [5.41, 5.74) is 0. The van der Waals surface area contributed by atoms with Gasteiger partial charge in [0.05, 0.1) is 0 Å². The topological polar surface area (TPSA) is 29.4 Å². The summed E-state index contributed by atoms with van der Waals surface area (Å²) >= 11 is 0. The molecule has 5 heavy (non-hydrogen) atoms. The van der Waals surface area contributed by atoms with E-state index in [2.05, 4.69) is 5.18 Å². The zero-order valence-electron chi connectivity index (χ0n) is 3.01. The molecule has 0 N–H and O–H groups in total. The predicted molar refractivity (Wildman–Crippen MR) is 21.0 cm³/mol. The first-order valence-corrected chi connectivity index (χ1v) is 1.35. The largest absolute Gasteiger partial charge is 0.151 e. The lowest BCUT2D eigenvalue weighted by molar-refractivity contribution is 1.02. The molecule has 0 aliphatic rings. The van der Waals surface area contributed by atoms with Gasteiger partial charge >= 0.3 is 0 Å². The van der Waals surface area contributed by atoms with E-state index in [-0.39, 0.29) is 0 Å². The van der Waals surface area contributed by atoms with Crippen LogP contribution in [0, 0.1) is 4.91 Å². The van der Waals surface area contributed by atoms with Crippen LogP contribution in [0.25, 0.3) is 0 Å². The van der Waals surface area contributed by atoms with Gasteiger partial charge in [-0.1, -0.05) is 5.18 Å². The molecule has 0 fully saturated rings. The number of rotatable bonds is 1. The van der Waals surface area contributed by atoms with E-state index >= 15 is 0 Å². The highest BCUT2D eigenvalue weighted by Crippen LogP contribution is 1.72. The van der Waals surface area contributed by atoms with Crippen molar-refractivity contribution in [2.75, 3.05) is 0 Å². The molecule has 0 aliphatic heterocycles. The Morgan fingerprint density at radius 2 is 2.20 bits per heavy atom. The van der Waals surface area contributed by atoms with E-state index in [0.29, 0.717) is 0 Å². The summed E-state index contributed by atoms with van der Waals surface area (Å²) in [7, 11) is 4.81. The van der Waals surface area contributed by atoms with Crippen molar-refractivity contribution in [3.63, 3.8) is 0 Å². The summed E-state index contributed by atoms with van der Waals surface area (Å²) < 4.78 is 0. The molecule has 0 rings (SSSR count). The van der Waals surface area contributed by atoms with Crippen molar-refractivity contribution in [3.8, 4) is 0 Å². The lowest BCUT2D eigenvalue weighted by Gasteiger charge is -1.78. The molecule has 0 unspecified atom stereocenters. The van der Waals surface area contributed by atoms with Crippen LogP contribution in [0.4, 0.5) is 0 Å². The Hall–Kier alpha value is -0.335. The van der Waals surface area contributed by atoms with Crippen LogP contribution < -0.4 is 0 Å². The summed E-state index contributed by atoms with van der Waals surface area (Å²) in [6.45, 7) is 1.52. The molecule has 0 aliphatic carbocycles. The molecule has 2 nitrogen and oxygen atoms in total. The Kier molecular flexibility index (Phi) is 1.81. The molecule has 0 amide bonds. The van der Waals surface area contributed by atoms with Crippen LogP contribution in [0.15, 0.2) is 5.18 Å². The molecule has 2 radical (unpaired) electrons. The summed E-state index contributed by atoms with van der Waals surface area (Å²) in [5.74, 6) is -0.546. The first-order valence-electron chi connectivity index (χ1n) is 1.35. The summed E-state index contributed by atoms with van der Waals surface area (Å²) in [4.78, 5) is 9.13. The number of hydrogen-bond acceptors (Lipinski definition) is 2. The maximum Gasteiger partial charge on any atom is 0.106 e. The van der Waals surface area contributed by atoms with E-state index in [4.69, 9.17) is 12.8 Å². The second kappa shape index (κ2) is 1.94. The standard InChI is InChI=1S/C2H4BNO/c1-2(3)4-5/h2H,1H3/t2-/m0/s1. The highest BCUT2D eigenvalue weighted by Gasteiger charge is 1.80. The number of nitrogens with zero attached hydrogens (tertiary/aromatic N) is 1. The summed E-state index contributed by atoms with van der Waals surface area (Å²) in [6.07, 6.45) is 0. The van der Waals surface area contributed by atoms with Crippen LogP contribution in [0.2, 0.25) is 0 Å². The Labute approximate surface area is 32.0 Å². The van der Waals surface area contributed by atoms with Gasteiger partial charge in [0.15, 0.2) is 0 Å². The van der Waals surface area contributed by atoms with Gasteiger partial charge in [-0.2, -0.15) is 4.91 Å². The lowest BCUT2D eigenvalue weighted by Crippen LogP contribution is -1.90. The molecule has 1 atom stereocenters. The fourth-order valence-corrected chi connectivity index (χ4v) is 0. The van der Waals surface area contributed by atoms with Crippen molar-refractivity contribution in [1.82, 2.24) is 0 Å². The fourth-order valence-electron chi connectivity index (χ4n) is 0.